The first-order valence-electron chi connectivity index (χ1n) is 7.00. The highest BCUT2D eigenvalue weighted by molar-refractivity contribution is 7.92. The Morgan fingerprint density at radius 1 is 1.00 bits per heavy atom. The van der Waals surface area contributed by atoms with Crippen LogP contribution in [-0.4, -0.2) is 36.7 Å². The van der Waals surface area contributed by atoms with Crippen LogP contribution in [0.3, 0.4) is 0 Å². The van der Waals surface area contributed by atoms with E-state index in [0.29, 0.717) is 11.4 Å². The molecule has 1 N–H and O–H groups in total. The van der Waals surface area contributed by atoms with Gasteiger partial charge in [0.1, 0.15) is 5.82 Å². The number of halogens is 1. The van der Waals surface area contributed by atoms with Crippen LogP contribution in [0.4, 0.5) is 15.8 Å². The summed E-state index contributed by atoms with van der Waals surface area (Å²) in [4.78, 5) is 1.67. The van der Waals surface area contributed by atoms with Crippen molar-refractivity contribution in [2.24, 2.45) is 0 Å². The van der Waals surface area contributed by atoms with Crippen LogP contribution in [0.2, 0.25) is 0 Å². The number of methoxy groups -OCH3 is 2. The molecule has 0 fully saturated rings. The Kier molecular flexibility index (Phi) is 5.18. The summed E-state index contributed by atoms with van der Waals surface area (Å²) in [5, 5.41) is 0. The zero-order chi connectivity index (χ0) is 17.9. The predicted molar refractivity (Wildman–Crippen MR) is 91.1 cm³/mol. The second-order valence-corrected chi connectivity index (χ2v) is 6.86. The standard InChI is InChI=1S/C16H19FN2O4S/c1-19(2)14-7-5-11(17)9-13(14)18-24(20,21)12-6-8-15(22-3)16(10-12)23-4/h5-10,18H,1-4H3. The predicted octanol–water partition coefficient (Wildman–Crippen LogP) is 2.71. The van der Waals surface area contributed by atoms with E-state index in [1.807, 2.05) is 0 Å². The number of nitrogens with zero attached hydrogens (tertiary/aromatic N) is 1. The van der Waals surface area contributed by atoms with Crippen molar-refractivity contribution in [3.8, 4) is 11.5 Å². The molecule has 2 aromatic carbocycles. The van der Waals surface area contributed by atoms with Crippen molar-refractivity contribution in [3.05, 3.63) is 42.2 Å². The van der Waals surface area contributed by atoms with E-state index in [2.05, 4.69) is 4.72 Å². The molecule has 0 aromatic heterocycles. The monoisotopic (exact) mass is 354 g/mol. The summed E-state index contributed by atoms with van der Waals surface area (Å²) in [7, 11) is 2.43. The number of benzene rings is 2. The smallest absolute Gasteiger partial charge is 0.262 e. The number of sulfonamides is 1. The molecule has 0 amide bonds. The van der Waals surface area contributed by atoms with E-state index < -0.39 is 15.8 Å². The van der Waals surface area contributed by atoms with Gasteiger partial charge in [0.2, 0.25) is 0 Å². The zero-order valence-corrected chi connectivity index (χ0v) is 14.6. The minimum absolute atomic E-state index is 0.0193. The maximum Gasteiger partial charge on any atom is 0.262 e. The van der Waals surface area contributed by atoms with Gasteiger partial charge in [-0.1, -0.05) is 0 Å². The molecular weight excluding hydrogens is 335 g/mol. The number of hydrogen-bond donors (Lipinski definition) is 1. The van der Waals surface area contributed by atoms with Crippen LogP contribution in [0.5, 0.6) is 11.5 Å². The van der Waals surface area contributed by atoms with Crippen molar-refractivity contribution in [2.45, 2.75) is 4.90 Å². The lowest BCUT2D eigenvalue weighted by atomic mass is 10.2. The summed E-state index contributed by atoms with van der Waals surface area (Å²) >= 11 is 0. The molecule has 8 heteroatoms. The average molecular weight is 354 g/mol. The number of rotatable bonds is 6. The second-order valence-electron chi connectivity index (χ2n) is 5.18. The van der Waals surface area contributed by atoms with Gasteiger partial charge in [-0.15, -0.1) is 0 Å². The lowest BCUT2D eigenvalue weighted by Gasteiger charge is -2.19. The second kappa shape index (κ2) is 6.96. The number of nitrogens with one attached hydrogen (secondary N) is 1. The molecule has 0 atom stereocenters. The minimum atomic E-state index is -3.92. The molecule has 130 valence electrons. The first-order valence-corrected chi connectivity index (χ1v) is 8.48. The lowest BCUT2D eigenvalue weighted by molar-refractivity contribution is 0.354. The van der Waals surface area contributed by atoms with Crippen molar-refractivity contribution >= 4 is 21.4 Å². The molecule has 0 unspecified atom stereocenters. The normalized spacial score (nSPS) is 11.0. The Morgan fingerprint density at radius 2 is 1.67 bits per heavy atom. The number of anilines is 2. The van der Waals surface area contributed by atoms with Gasteiger partial charge in [0.25, 0.3) is 10.0 Å². The fourth-order valence-corrected chi connectivity index (χ4v) is 3.25. The summed E-state index contributed by atoms with van der Waals surface area (Å²) in [6.45, 7) is 0. The summed E-state index contributed by atoms with van der Waals surface area (Å²) in [6.07, 6.45) is 0. The average Bonchev–Trinajstić information content (AvgIpc) is 2.53. The van der Waals surface area contributed by atoms with Gasteiger partial charge < -0.3 is 14.4 Å². The van der Waals surface area contributed by atoms with Crippen molar-refractivity contribution in [1.29, 1.82) is 0 Å². The Bertz CT molecular complexity index is 838. The minimum Gasteiger partial charge on any atom is -0.493 e. The Morgan fingerprint density at radius 3 is 2.25 bits per heavy atom. The van der Waals surface area contributed by atoms with E-state index in [4.69, 9.17) is 9.47 Å². The van der Waals surface area contributed by atoms with Crippen LogP contribution in [0.25, 0.3) is 0 Å². The summed E-state index contributed by atoms with van der Waals surface area (Å²) in [6, 6.07) is 8.12. The van der Waals surface area contributed by atoms with E-state index in [1.165, 1.54) is 44.6 Å². The lowest BCUT2D eigenvalue weighted by Crippen LogP contribution is -2.17. The maximum atomic E-state index is 13.5. The highest BCUT2D eigenvalue weighted by Gasteiger charge is 2.19. The fraction of sp³-hybridized carbons (Fsp3) is 0.250. The highest BCUT2D eigenvalue weighted by atomic mass is 32.2. The van der Waals surface area contributed by atoms with Gasteiger partial charge in [-0.3, -0.25) is 4.72 Å². The molecule has 0 radical (unpaired) electrons. The van der Waals surface area contributed by atoms with Gasteiger partial charge in [-0.2, -0.15) is 0 Å². The van der Waals surface area contributed by atoms with Gasteiger partial charge in [-0.25, -0.2) is 12.8 Å². The van der Waals surface area contributed by atoms with Gasteiger partial charge in [-0.05, 0) is 24.3 Å². The Balaban J connectivity index is 2.44. The maximum absolute atomic E-state index is 13.5. The molecule has 2 aromatic rings. The van der Waals surface area contributed by atoms with Crippen LogP contribution >= 0.6 is 0 Å². The van der Waals surface area contributed by atoms with Crippen molar-refractivity contribution < 1.29 is 22.3 Å². The molecular formula is C16H19FN2O4S. The van der Waals surface area contributed by atoms with Gasteiger partial charge in [0.15, 0.2) is 11.5 Å². The third-order valence-corrected chi connectivity index (χ3v) is 4.71. The van der Waals surface area contributed by atoms with E-state index in [0.717, 1.165) is 6.07 Å². The van der Waals surface area contributed by atoms with E-state index >= 15 is 0 Å². The largest absolute Gasteiger partial charge is 0.493 e. The van der Waals surface area contributed by atoms with E-state index in [-0.39, 0.29) is 16.3 Å². The molecule has 0 spiro atoms. The van der Waals surface area contributed by atoms with Crippen LogP contribution in [0.1, 0.15) is 0 Å². The highest BCUT2D eigenvalue weighted by Crippen LogP contribution is 2.32. The van der Waals surface area contributed by atoms with E-state index in [9.17, 15) is 12.8 Å². The third-order valence-electron chi connectivity index (χ3n) is 3.35. The van der Waals surface area contributed by atoms with Crippen molar-refractivity contribution in [2.75, 3.05) is 37.9 Å². The molecule has 0 heterocycles. The number of ether oxygens (including phenoxy) is 2. The van der Waals surface area contributed by atoms with Gasteiger partial charge in [0, 0.05) is 26.2 Å². The molecule has 0 bridgehead atoms. The molecule has 0 saturated carbocycles. The summed E-state index contributed by atoms with van der Waals surface area (Å²) < 4.78 is 51.3. The number of hydrogen-bond acceptors (Lipinski definition) is 5. The van der Waals surface area contributed by atoms with Crippen LogP contribution < -0.4 is 19.1 Å². The molecule has 0 aliphatic heterocycles. The van der Waals surface area contributed by atoms with Crippen LogP contribution in [0, 0.1) is 5.82 Å². The first kappa shape index (κ1) is 17.9. The van der Waals surface area contributed by atoms with Gasteiger partial charge in [0.05, 0.1) is 30.5 Å². The molecule has 0 aliphatic carbocycles. The van der Waals surface area contributed by atoms with Crippen LogP contribution in [0.15, 0.2) is 41.3 Å². The molecule has 6 nitrogen and oxygen atoms in total. The summed E-state index contributed by atoms with van der Waals surface area (Å²) in [5.41, 5.74) is 0.690. The summed E-state index contributed by atoms with van der Waals surface area (Å²) in [5.74, 6) is 0.161. The fourth-order valence-electron chi connectivity index (χ4n) is 2.17. The molecule has 0 aliphatic rings. The first-order chi connectivity index (χ1) is 11.3. The SMILES string of the molecule is COc1ccc(S(=O)(=O)Nc2cc(F)ccc2N(C)C)cc1OC. The molecule has 0 saturated heterocycles. The molecule has 24 heavy (non-hydrogen) atoms. The van der Waals surface area contributed by atoms with Crippen molar-refractivity contribution in [1.82, 2.24) is 0 Å². The van der Waals surface area contributed by atoms with Crippen molar-refractivity contribution in [3.63, 3.8) is 0 Å². The molecule has 2 rings (SSSR count). The topological polar surface area (TPSA) is 67.9 Å². The van der Waals surface area contributed by atoms with Crippen LogP contribution in [-0.2, 0) is 10.0 Å². The Hall–Kier alpha value is -2.48. The van der Waals surface area contributed by atoms with E-state index in [1.54, 1.807) is 19.0 Å². The third kappa shape index (κ3) is 3.70. The van der Waals surface area contributed by atoms with Gasteiger partial charge >= 0.3 is 0 Å². The quantitative estimate of drug-likeness (QED) is 0.864. The Labute approximate surface area is 140 Å². The zero-order valence-electron chi connectivity index (χ0n) is 13.8.